The maximum Gasteiger partial charge on any atom is 0.271 e. The highest BCUT2D eigenvalue weighted by Crippen LogP contribution is 2.25. The Morgan fingerprint density at radius 1 is 1.39 bits per heavy atom. The molecule has 126 valence electrons. The van der Waals surface area contributed by atoms with Gasteiger partial charge in [-0.15, -0.1) is 0 Å². The van der Waals surface area contributed by atoms with Gasteiger partial charge in [-0.1, -0.05) is 32.1 Å². The molecule has 1 atom stereocenters. The standard InChI is InChI=1S/C16H24N4O3/c21-12-9-18-16(23)14-8-13(19-20(14)10-12)15(22)17-7-6-11-4-2-1-3-5-11/h8,11-12,21H,1-7,9-10H2,(H,17,22)(H,18,23). The Morgan fingerprint density at radius 2 is 2.17 bits per heavy atom. The molecule has 23 heavy (non-hydrogen) atoms. The fraction of sp³-hybridized carbons (Fsp3) is 0.688. The number of nitrogens with one attached hydrogen (secondary N) is 2. The number of amides is 2. The summed E-state index contributed by atoms with van der Waals surface area (Å²) < 4.78 is 1.41. The lowest BCUT2D eigenvalue weighted by Crippen LogP contribution is -2.30. The molecule has 1 aliphatic heterocycles. The summed E-state index contributed by atoms with van der Waals surface area (Å²) in [4.78, 5) is 24.1. The molecule has 3 N–H and O–H groups in total. The monoisotopic (exact) mass is 320 g/mol. The fourth-order valence-electron chi connectivity index (χ4n) is 3.37. The molecule has 2 heterocycles. The van der Waals surface area contributed by atoms with Crippen LogP contribution < -0.4 is 10.6 Å². The van der Waals surface area contributed by atoms with Crippen LogP contribution in [-0.2, 0) is 6.54 Å². The van der Waals surface area contributed by atoms with Crippen molar-refractivity contribution in [2.45, 2.75) is 51.2 Å². The van der Waals surface area contributed by atoms with Gasteiger partial charge in [-0.05, 0) is 12.3 Å². The van der Waals surface area contributed by atoms with Crippen LogP contribution in [0.15, 0.2) is 6.07 Å². The van der Waals surface area contributed by atoms with Crippen molar-refractivity contribution in [3.8, 4) is 0 Å². The summed E-state index contributed by atoms with van der Waals surface area (Å²) >= 11 is 0. The van der Waals surface area contributed by atoms with Gasteiger partial charge in [0.1, 0.15) is 5.69 Å². The van der Waals surface area contributed by atoms with E-state index in [1.807, 2.05) is 0 Å². The van der Waals surface area contributed by atoms with Gasteiger partial charge in [0.2, 0.25) is 0 Å². The Labute approximate surface area is 135 Å². The summed E-state index contributed by atoms with van der Waals surface area (Å²) in [6.45, 7) is 1.05. The maximum absolute atomic E-state index is 12.2. The summed E-state index contributed by atoms with van der Waals surface area (Å²) in [6.07, 6.45) is 6.74. The summed E-state index contributed by atoms with van der Waals surface area (Å²) in [7, 11) is 0. The van der Waals surface area contributed by atoms with Crippen molar-refractivity contribution in [3.05, 3.63) is 17.5 Å². The van der Waals surface area contributed by atoms with Crippen LogP contribution in [0.4, 0.5) is 0 Å². The molecule has 7 heteroatoms. The van der Waals surface area contributed by atoms with Crippen molar-refractivity contribution in [2.75, 3.05) is 13.1 Å². The molecule has 0 spiro atoms. The third kappa shape index (κ3) is 3.90. The van der Waals surface area contributed by atoms with E-state index in [1.54, 1.807) is 0 Å². The molecule has 1 aromatic heterocycles. The number of hydrogen-bond acceptors (Lipinski definition) is 4. The van der Waals surface area contributed by atoms with Gasteiger partial charge in [0.05, 0.1) is 12.6 Å². The van der Waals surface area contributed by atoms with Crippen LogP contribution >= 0.6 is 0 Å². The highest BCUT2D eigenvalue weighted by Gasteiger charge is 2.24. The van der Waals surface area contributed by atoms with Crippen LogP contribution in [0, 0.1) is 5.92 Å². The molecule has 0 radical (unpaired) electrons. The van der Waals surface area contributed by atoms with Crippen molar-refractivity contribution < 1.29 is 14.7 Å². The molecule has 3 rings (SSSR count). The zero-order chi connectivity index (χ0) is 16.2. The zero-order valence-corrected chi connectivity index (χ0v) is 13.3. The second kappa shape index (κ2) is 7.12. The van der Waals surface area contributed by atoms with Crippen LogP contribution in [0.1, 0.15) is 59.5 Å². The molecule has 1 aromatic rings. The van der Waals surface area contributed by atoms with Crippen LogP contribution in [0.5, 0.6) is 0 Å². The lowest BCUT2D eigenvalue weighted by molar-refractivity contribution is 0.0931. The Kier molecular flexibility index (Phi) is 4.95. The number of hydrogen-bond donors (Lipinski definition) is 3. The highest BCUT2D eigenvalue weighted by molar-refractivity contribution is 5.98. The number of aliphatic hydroxyl groups excluding tert-OH is 1. The van der Waals surface area contributed by atoms with Crippen LogP contribution in [0.3, 0.4) is 0 Å². The van der Waals surface area contributed by atoms with E-state index in [1.165, 1.54) is 42.9 Å². The Morgan fingerprint density at radius 3 is 2.96 bits per heavy atom. The predicted molar refractivity (Wildman–Crippen MR) is 84.1 cm³/mol. The van der Waals surface area contributed by atoms with Crippen LogP contribution in [-0.4, -0.2) is 45.9 Å². The van der Waals surface area contributed by atoms with Gasteiger partial charge in [-0.3, -0.25) is 14.3 Å². The summed E-state index contributed by atoms with van der Waals surface area (Å²) in [6, 6.07) is 1.49. The average Bonchev–Trinajstić information content (AvgIpc) is 2.92. The van der Waals surface area contributed by atoms with E-state index in [0.29, 0.717) is 18.2 Å². The summed E-state index contributed by atoms with van der Waals surface area (Å²) in [5.74, 6) is 0.141. The molecule has 1 unspecified atom stereocenters. The molecule has 0 bridgehead atoms. The van der Waals surface area contributed by atoms with E-state index in [2.05, 4.69) is 15.7 Å². The molecule has 1 fully saturated rings. The van der Waals surface area contributed by atoms with E-state index in [9.17, 15) is 14.7 Å². The lowest BCUT2D eigenvalue weighted by atomic mass is 9.87. The number of carbonyl (C=O) groups is 2. The van der Waals surface area contributed by atoms with Crippen molar-refractivity contribution in [1.82, 2.24) is 20.4 Å². The number of β-amino-alcohol motifs (C(OH)–C–C–N with tert-alkyl or cyclic N) is 1. The summed E-state index contributed by atoms with van der Waals surface area (Å²) in [5.41, 5.74) is 0.548. The molecule has 0 aromatic carbocycles. The highest BCUT2D eigenvalue weighted by atomic mass is 16.3. The minimum absolute atomic E-state index is 0.200. The number of aromatic nitrogens is 2. The van der Waals surface area contributed by atoms with Crippen molar-refractivity contribution in [1.29, 1.82) is 0 Å². The van der Waals surface area contributed by atoms with E-state index < -0.39 is 6.10 Å². The fourth-order valence-corrected chi connectivity index (χ4v) is 3.37. The quantitative estimate of drug-likeness (QED) is 0.760. The molecule has 2 amide bonds. The molecule has 7 nitrogen and oxygen atoms in total. The number of aliphatic hydroxyl groups is 1. The van der Waals surface area contributed by atoms with Crippen LogP contribution in [0.2, 0.25) is 0 Å². The first-order chi connectivity index (χ1) is 11.1. The number of rotatable bonds is 4. The molecule has 1 aliphatic carbocycles. The first kappa shape index (κ1) is 16.0. The van der Waals surface area contributed by atoms with E-state index in [-0.39, 0.29) is 30.6 Å². The maximum atomic E-state index is 12.2. The number of fused-ring (bicyclic) bond motifs is 1. The minimum Gasteiger partial charge on any atom is -0.389 e. The Hall–Kier alpha value is -1.89. The molecular formula is C16H24N4O3. The third-order valence-electron chi connectivity index (χ3n) is 4.69. The van der Waals surface area contributed by atoms with Gasteiger partial charge in [0.15, 0.2) is 5.69 Å². The van der Waals surface area contributed by atoms with Crippen molar-refractivity contribution >= 4 is 11.8 Å². The van der Waals surface area contributed by atoms with Gasteiger partial charge in [-0.25, -0.2) is 0 Å². The topological polar surface area (TPSA) is 96.2 Å². The number of carbonyl (C=O) groups excluding carboxylic acids is 2. The number of nitrogens with zero attached hydrogens (tertiary/aromatic N) is 2. The minimum atomic E-state index is -0.692. The van der Waals surface area contributed by atoms with E-state index in [4.69, 9.17) is 0 Å². The third-order valence-corrected chi connectivity index (χ3v) is 4.69. The molecule has 2 aliphatic rings. The van der Waals surface area contributed by atoms with Crippen molar-refractivity contribution in [3.63, 3.8) is 0 Å². The predicted octanol–water partition coefficient (Wildman–Crippen LogP) is 0.688. The Balaban J connectivity index is 1.56. The Bertz CT molecular complexity index is 578. The summed E-state index contributed by atoms with van der Waals surface area (Å²) in [5, 5.41) is 19.4. The van der Waals surface area contributed by atoms with Gasteiger partial charge in [-0.2, -0.15) is 5.10 Å². The lowest BCUT2D eigenvalue weighted by Gasteiger charge is -2.21. The van der Waals surface area contributed by atoms with Crippen molar-refractivity contribution in [2.24, 2.45) is 5.92 Å². The van der Waals surface area contributed by atoms with E-state index >= 15 is 0 Å². The van der Waals surface area contributed by atoms with Gasteiger partial charge >= 0.3 is 0 Å². The van der Waals surface area contributed by atoms with E-state index in [0.717, 1.165) is 6.42 Å². The smallest absolute Gasteiger partial charge is 0.271 e. The largest absolute Gasteiger partial charge is 0.389 e. The normalized spacial score (nSPS) is 22.1. The molecule has 1 saturated carbocycles. The second-order valence-corrected chi connectivity index (χ2v) is 6.51. The zero-order valence-electron chi connectivity index (χ0n) is 13.3. The first-order valence-electron chi connectivity index (χ1n) is 8.46. The van der Waals surface area contributed by atoms with Gasteiger partial charge in [0, 0.05) is 19.2 Å². The second-order valence-electron chi connectivity index (χ2n) is 6.51. The average molecular weight is 320 g/mol. The molecule has 0 saturated heterocycles. The SMILES string of the molecule is O=C(NCCC1CCCCC1)c1cc2n(n1)CC(O)CNC2=O. The van der Waals surface area contributed by atoms with Gasteiger partial charge in [0.25, 0.3) is 11.8 Å². The van der Waals surface area contributed by atoms with Gasteiger partial charge < -0.3 is 15.7 Å². The van der Waals surface area contributed by atoms with Crippen LogP contribution in [0.25, 0.3) is 0 Å². The molecular weight excluding hydrogens is 296 g/mol. The first-order valence-corrected chi connectivity index (χ1v) is 8.46.